The number of fused-ring (bicyclic) bond motifs is 6. The van der Waals surface area contributed by atoms with Gasteiger partial charge in [-0.2, -0.15) is 0 Å². The van der Waals surface area contributed by atoms with Crippen LogP contribution in [0.2, 0.25) is 0 Å². The first kappa shape index (κ1) is 32.2. The molecule has 0 bridgehead atoms. The summed E-state index contributed by atoms with van der Waals surface area (Å²) in [6, 6.07) is 59.4. The van der Waals surface area contributed by atoms with E-state index in [0.29, 0.717) is 0 Å². The lowest BCUT2D eigenvalue weighted by molar-refractivity contribution is 0.590. The molecule has 0 nitrogen and oxygen atoms in total. The van der Waals surface area contributed by atoms with Crippen LogP contribution < -0.4 is 0 Å². The summed E-state index contributed by atoms with van der Waals surface area (Å²) in [4.78, 5) is 0. The van der Waals surface area contributed by atoms with Gasteiger partial charge in [-0.05, 0) is 133 Å². The Morgan fingerprint density at radius 2 is 0.712 bits per heavy atom. The van der Waals surface area contributed by atoms with E-state index in [9.17, 15) is 0 Å². The first-order valence-corrected chi connectivity index (χ1v) is 18.6. The lowest BCUT2D eigenvalue weighted by Gasteiger charge is -2.25. The first-order valence-electron chi connectivity index (χ1n) is 18.6. The number of hydrogen-bond acceptors (Lipinski definition) is 0. The molecule has 0 radical (unpaired) electrons. The Morgan fingerprint density at radius 1 is 0.269 bits per heavy atom. The molecule has 9 aromatic rings. The van der Waals surface area contributed by atoms with Crippen molar-refractivity contribution in [3.63, 3.8) is 0 Å². The summed E-state index contributed by atoms with van der Waals surface area (Å²) < 4.78 is 0. The van der Waals surface area contributed by atoms with Crippen LogP contribution in [0.15, 0.2) is 158 Å². The molecule has 0 spiro atoms. The van der Waals surface area contributed by atoms with Gasteiger partial charge in [-0.1, -0.05) is 175 Å². The highest BCUT2D eigenvalue weighted by Crippen LogP contribution is 2.46. The topological polar surface area (TPSA) is 0 Å². The van der Waals surface area contributed by atoms with Gasteiger partial charge in [0.2, 0.25) is 0 Å². The predicted molar refractivity (Wildman–Crippen MR) is 228 cm³/mol. The van der Waals surface area contributed by atoms with Crippen LogP contribution >= 0.6 is 0 Å². The number of rotatable bonds is 3. The van der Waals surface area contributed by atoms with Crippen molar-refractivity contribution in [3.05, 3.63) is 169 Å². The molecule has 0 aliphatic heterocycles. The molecule has 0 aliphatic rings. The Bertz CT molecular complexity index is 2840. The molecule has 0 unspecified atom stereocenters. The van der Waals surface area contributed by atoms with Crippen LogP contribution in [0.3, 0.4) is 0 Å². The summed E-state index contributed by atoms with van der Waals surface area (Å²) in [6.07, 6.45) is 0. The lowest BCUT2D eigenvalue weighted by atomic mass is 9.79. The van der Waals surface area contributed by atoms with Crippen molar-refractivity contribution in [1.29, 1.82) is 0 Å². The summed E-state index contributed by atoms with van der Waals surface area (Å²) in [6.45, 7) is 13.9. The standard InChI is InChI=1S/C52H44/c1-51(2,3)41-25-28-46-47(31-41)49(36-19-15-34(16-20-36)38-23-26-44-39(29-38)21-18-35-12-9-10-14-43(35)44)45-27-24-42(52(4,5)6)32-48(45)50(46)40-22-17-33-11-7-8-13-37(33)30-40/h7-32H,1-6H3. The highest BCUT2D eigenvalue weighted by Gasteiger charge is 2.23. The third kappa shape index (κ3) is 5.46. The van der Waals surface area contributed by atoms with Gasteiger partial charge < -0.3 is 0 Å². The predicted octanol–water partition coefficient (Wildman–Crippen LogP) is 15.0. The second kappa shape index (κ2) is 11.9. The van der Waals surface area contributed by atoms with Gasteiger partial charge in [0.1, 0.15) is 0 Å². The van der Waals surface area contributed by atoms with Gasteiger partial charge in [-0.25, -0.2) is 0 Å². The minimum absolute atomic E-state index is 0.0187. The molecule has 9 rings (SSSR count). The second-order valence-corrected chi connectivity index (χ2v) is 16.6. The highest BCUT2D eigenvalue weighted by atomic mass is 14.3. The Kier molecular flexibility index (Phi) is 7.39. The van der Waals surface area contributed by atoms with Crippen LogP contribution in [0.4, 0.5) is 0 Å². The molecular formula is C52H44. The number of hydrogen-bond donors (Lipinski definition) is 0. The van der Waals surface area contributed by atoms with Gasteiger partial charge in [0.25, 0.3) is 0 Å². The zero-order chi connectivity index (χ0) is 35.8. The summed E-state index contributed by atoms with van der Waals surface area (Å²) >= 11 is 0. The maximum Gasteiger partial charge on any atom is -0.00260 e. The van der Waals surface area contributed by atoms with Crippen molar-refractivity contribution < 1.29 is 0 Å². The van der Waals surface area contributed by atoms with Gasteiger partial charge in [-0.3, -0.25) is 0 Å². The van der Waals surface area contributed by atoms with Gasteiger partial charge in [0, 0.05) is 0 Å². The normalized spacial score (nSPS) is 12.4. The van der Waals surface area contributed by atoms with E-state index in [1.165, 1.54) is 98.4 Å². The molecule has 0 fully saturated rings. The molecule has 0 saturated carbocycles. The van der Waals surface area contributed by atoms with Crippen LogP contribution in [0.25, 0.3) is 87.2 Å². The molecule has 0 heterocycles. The zero-order valence-corrected chi connectivity index (χ0v) is 31.0. The van der Waals surface area contributed by atoms with Crippen molar-refractivity contribution >= 4 is 53.9 Å². The summed E-state index contributed by atoms with van der Waals surface area (Å²) in [5.74, 6) is 0. The van der Waals surface area contributed by atoms with E-state index in [1.54, 1.807) is 0 Å². The quantitative estimate of drug-likeness (QED) is 0.130. The van der Waals surface area contributed by atoms with Crippen LogP contribution in [0.1, 0.15) is 52.7 Å². The Balaban J connectivity index is 1.29. The van der Waals surface area contributed by atoms with Crippen molar-refractivity contribution in [1.82, 2.24) is 0 Å². The molecule has 0 aromatic heterocycles. The summed E-state index contributed by atoms with van der Waals surface area (Å²) in [5, 5.41) is 12.9. The molecule has 0 aliphatic carbocycles. The van der Waals surface area contributed by atoms with Gasteiger partial charge in [0.05, 0.1) is 0 Å². The minimum atomic E-state index is 0.0187. The van der Waals surface area contributed by atoms with E-state index in [1.807, 2.05) is 0 Å². The largest absolute Gasteiger partial charge is 0.0616 e. The van der Waals surface area contributed by atoms with Gasteiger partial charge in [-0.15, -0.1) is 0 Å². The van der Waals surface area contributed by atoms with E-state index in [0.717, 1.165) is 0 Å². The van der Waals surface area contributed by atoms with Crippen molar-refractivity contribution in [2.45, 2.75) is 52.4 Å². The van der Waals surface area contributed by atoms with Crippen molar-refractivity contribution in [2.75, 3.05) is 0 Å². The van der Waals surface area contributed by atoms with Crippen molar-refractivity contribution in [3.8, 4) is 33.4 Å². The molecular weight excluding hydrogens is 625 g/mol. The van der Waals surface area contributed by atoms with Crippen LogP contribution in [0.5, 0.6) is 0 Å². The van der Waals surface area contributed by atoms with Crippen LogP contribution in [0, 0.1) is 0 Å². The van der Waals surface area contributed by atoms with Gasteiger partial charge in [0.15, 0.2) is 0 Å². The van der Waals surface area contributed by atoms with E-state index in [2.05, 4.69) is 199 Å². The summed E-state index contributed by atoms with van der Waals surface area (Å²) in [7, 11) is 0. The fourth-order valence-corrected chi connectivity index (χ4v) is 8.15. The molecule has 0 saturated heterocycles. The zero-order valence-electron chi connectivity index (χ0n) is 31.0. The maximum absolute atomic E-state index is 2.47. The fourth-order valence-electron chi connectivity index (χ4n) is 8.15. The van der Waals surface area contributed by atoms with E-state index >= 15 is 0 Å². The van der Waals surface area contributed by atoms with Crippen LogP contribution in [-0.4, -0.2) is 0 Å². The van der Waals surface area contributed by atoms with E-state index in [4.69, 9.17) is 0 Å². The maximum atomic E-state index is 2.47. The molecule has 9 aromatic carbocycles. The SMILES string of the molecule is CC(C)(C)c1ccc2c(-c3ccc4ccccc4c3)c3cc(C(C)(C)C)ccc3c(-c3ccc(-c4ccc5c(ccc6ccccc65)c4)cc3)c2c1. The Morgan fingerprint density at radius 3 is 1.37 bits per heavy atom. The monoisotopic (exact) mass is 668 g/mol. The molecule has 0 atom stereocenters. The van der Waals surface area contributed by atoms with Crippen LogP contribution in [-0.2, 0) is 10.8 Å². The average Bonchev–Trinajstić information content (AvgIpc) is 3.15. The fraction of sp³-hybridized carbons (Fsp3) is 0.154. The van der Waals surface area contributed by atoms with Crippen molar-refractivity contribution in [2.24, 2.45) is 0 Å². The van der Waals surface area contributed by atoms with Gasteiger partial charge >= 0.3 is 0 Å². The molecule has 52 heavy (non-hydrogen) atoms. The molecule has 0 heteroatoms. The lowest BCUT2D eigenvalue weighted by Crippen LogP contribution is -2.11. The second-order valence-electron chi connectivity index (χ2n) is 16.6. The minimum Gasteiger partial charge on any atom is -0.0616 e. The average molecular weight is 669 g/mol. The van der Waals surface area contributed by atoms with E-state index < -0.39 is 0 Å². The highest BCUT2D eigenvalue weighted by molar-refractivity contribution is 6.22. The molecule has 252 valence electrons. The molecule has 0 N–H and O–H groups in total. The Hall–Kier alpha value is -5.72. The number of benzene rings is 9. The Labute approximate surface area is 307 Å². The third-order valence-corrected chi connectivity index (χ3v) is 11.1. The first-order chi connectivity index (χ1) is 25.0. The van der Waals surface area contributed by atoms with E-state index in [-0.39, 0.29) is 10.8 Å². The summed E-state index contributed by atoms with van der Waals surface area (Å²) in [5.41, 5.74) is 10.3. The molecule has 0 amide bonds. The third-order valence-electron chi connectivity index (χ3n) is 11.1. The smallest absolute Gasteiger partial charge is 0.00260 e.